The summed E-state index contributed by atoms with van der Waals surface area (Å²) in [5.41, 5.74) is 1.79. The Morgan fingerprint density at radius 3 is 2.64 bits per heavy atom. The number of hydrogen-bond acceptors (Lipinski definition) is 3. The number of amides is 2. The molecule has 0 N–H and O–H groups in total. The van der Waals surface area contributed by atoms with Crippen LogP contribution in [0.3, 0.4) is 0 Å². The van der Waals surface area contributed by atoms with Crippen molar-refractivity contribution in [2.45, 2.75) is 19.4 Å². The Balaban J connectivity index is 1.72. The van der Waals surface area contributed by atoms with Crippen LogP contribution in [0.25, 0.3) is 6.08 Å². The highest BCUT2D eigenvalue weighted by Gasteiger charge is 2.37. The minimum absolute atomic E-state index is 0.0151. The first-order valence-corrected chi connectivity index (χ1v) is 8.46. The Labute approximate surface area is 147 Å². The zero-order valence-electron chi connectivity index (χ0n) is 14.2. The molecule has 1 aliphatic heterocycles. The average molecular weight is 335 g/mol. The van der Waals surface area contributed by atoms with E-state index in [-0.39, 0.29) is 11.8 Å². The lowest BCUT2D eigenvalue weighted by atomic mass is 10.2. The zero-order valence-corrected chi connectivity index (χ0v) is 14.2. The van der Waals surface area contributed by atoms with Gasteiger partial charge >= 0.3 is 0 Å². The van der Waals surface area contributed by atoms with Gasteiger partial charge in [0.05, 0.1) is 0 Å². The predicted molar refractivity (Wildman–Crippen MR) is 97.9 cm³/mol. The summed E-state index contributed by atoms with van der Waals surface area (Å²) in [5, 5.41) is 0. The maximum Gasteiger partial charge on any atom is 0.249 e. The summed E-state index contributed by atoms with van der Waals surface area (Å²) in [6, 6.07) is 12.8. The second-order valence-corrected chi connectivity index (χ2v) is 5.87. The van der Waals surface area contributed by atoms with Crippen LogP contribution in [0.5, 0.6) is 0 Å². The van der Waals surface area contributed by atoms with Crippen molar-refractivity contribution in [3.05, 3.63) is 66.5 Å². The van der Waals surface area contributed by atoms with Crippen LogP contribution in [0.2, 0.25) is 0 Å². The van der Waals surface area contributed by atoms with Gasteiger partial charge < -0.3 is 9.80 Å². The van der Waals surface area contributed by atoms with Gasteiger partial charge in [0.1, 0.15) is 6.04 Å². The lowest BCUT2D eigenvalue weighted by Crippen LogP contribution is -2.44. The largest absolute Gasteiger partial charge is 0.327 e. The van der Waals surface area contributed by atoms with Gasteiger partial charge in [-0.2, -0.15) is 0 Å². The summed E-state index contributed by atoms with van der Waals surface area (Å²) in [7, 11) is 0. The van der Waals surface area contributed by atoms with Crippen LogP contribution < -0.4 is 4.90 Å². The molecule has 0 bridgehead atoms. The summed E-state index contributed by atoms with van der Waals surface area (Å²) < 4.78 is 0. The number of carbonyl (C=O) groups is 2. The van der Waals surface area contributed by atoms with E-state index >= 15 is 0 Å². The van der Waals surface area contributed by atoms with Gasteiger partial charge in [-0.1, -0.05) is 18.2 Å². The lowest BCUT2D eigenvalue weighted by molar-refractivity contribution is -0.134. The second-order valence-electron chi connectivity index (χ2n) is 5.87. The minimum Gasteiger partial charge on any atom is -0.327 e. The molecule has 0 spiro atoms. The molecule has 5 heteroatoms. The zero-order chi connectivity index (χ0) is 17.6. The molecule has 2 aromatic rings. The van der Waals surface area contributed by atoms with E-state index in [1.165, 1.54) is 6.08 Å². The second kappa shape index (κ2) is 7.75. The van der Waals surface area contributed by atoms with E-state index in [4.69, 9.17) is 0 Å². The van der Waals surface area contributed by atoms with E-state index in [1.807, 2.05) is 49.4 Å². The Morgan fingerprint density at radius 2 is 1.96 bits per heavy atom. The van der Waals surface area contributed by atoms with Crippen molar-refractivity contribution in [2.24, 2.45) is 0 Å². The van der Waals surface area contributed by atoms with Crippen LogP contribution >= 0.6 is 0 Å². The smallest absolute Gasteiger partial charge is 0.249 e. The van der Waals surface area contributed by atoms with Gasteiger partial charge in [0.25, 0.3) is 0 Å². The molecule has 2 heterocycles. The molecule has 1 saturated heterocycles. The van der Waals surface area contributed by atoms with E-state index in [0.29, 0.717) is 19.5 Å². The highest BCUT2D eigenvalue weighted by Crippen LogP contribution is 2.24. The number of pyridine rings is 1. The third kappa shape index (κ3) is 3.76. The van der Waals surface area contributed by atoms with Crippen LogP contribution in [-0.4, -0.2) is 40.8 Å². The highest BCUT2D eigenvalue weighted by atomic mass is 16.2. The number of para-hydroxylation sites is 1. The van der Waals surface area contributed by atoms with E-state index in [9.17, 15) is 9.59 Å². The Kier molecular flexibility index (Phi) is 5.23. The topological polar surface area (TPSA) is 53.5 Å². The van der Waals surface area contributed by atoms with E-state index in [0.717, 1.165) is 11.3 Å². The fourth-order valence-corrected chi connectivity index (χ4v) is 3.09. The van der Waals surface area contributed by atoms with E-state index in [1.54, 1.807) is 28.3 Å². The fraction of sp³-hybridized carbons (Fsp3) is 0.250. The standard InChI is InChI=1S/C20H21N3O2/c1-2-22(19(24)9-8-16-10-13-21-14-11-16)18-12-15-23(20(18)25)17-6-4-3-5-7-17/h3-11,13-14,18H,2,12,15H2,1H3/b9-8+/t18-/m0/s1. The van der Waals surface area contributed by atoms with Crippen LogP contribution in [0.1, 0.15) is 18.9 Å². The molecule has 0 saturated carbocycles. The highest BCUT2D eigenvalue weighted by molar-refractivity contribution is 6.03. The number of hydrogen-bond donors (Lipinski definition) is 0. The molecule has 1 fully saturated rings. The van der Waals surface area contributed by atoms with Crippen LogP contribution in [-0.2, 0) is 9.59 Å². The fourth-order valence-electron chi connectivity index (χ4n) is 3.09. The van der Waals surface area contributed by atoms with Crippen molar-refractivity contribution >= 4 is 23.6 Å². The van der Waals surface area contributed by atoms with Gasteiger partial charge in [0.15, 0.2) is 0 Å². The van der Waals surface area contributed by atoms with Crippen molar-refractivity contribution < 1.29 is 9.59 Å². The number of likely N-dealkylation sites (N-methyl/N-ethyl adjacent to an activating group) is 1. The summed E-state index contributed by atoms with van der Waals surface area (Å²) in [6.45, 7) is 3.03. The molecule has 128 valence electrons. The third-order valence-electron chi connectivity index (χ3n) is 4.37. The average Bonchev–Trinajstić information content (AvgIpc) is 3.04. The van der Waals surface area contributed by atoms with Crippen molar-refractivity contribution in [1.82, 2.24) is 9.88 Å². The first kappa shape index (κ1) is 16.9. The number of nitrogens with zero attached hydrogens (tertiary/aromatic N) is 3. The molecule has 2 amide bonds. The predicted octanol–water partition coefficient (Wildman–Crippen LogP) is 2.75. The van der Waals surface area contributed by atoms with Gasteiger partial charge in [0, 0.05) is 37.2 Å². The Morgan fingerprint density at radius 1 is 1.24 bits per heavy atom. The van der Waals surface area contributed by atoms with Crippen LogP contribution in [0.15, 0.2) is 60.9 Å². The van der Waals surface area contributed by atoms with Crippen LogP contribution in [0, 0.1) is 0 Å². The molecule has 3 rings (SSSR count). The molecule has 0 radical (unpaired) electrons. The number of anilines is 1. The number of aromatic nitrogens is 1. The first-order valence-electron chi connectivity index (χ1n) is 8.46. The molecule has 1 aromatic heterocycles. The van der Waals surface area contributed by atoms with Gasteiger partial charge in [0.2, 0.25) is 11.8 Å². The summed E-state index contributed by atoms with van der Waals surface area (Å²) in [5.74, 6) is -0.161. The quantitative estimate of drug-likeness (QED) is 0.790. The van der Waals surface area contributed by atoms with Gasteiger partial charge in [-0.15, -0.1) is 0 Å². The lowest BCUT2D eigenvalue weighted by Gasteiger charge is -2.25. The minimum atomic E-state index is -0.403. The summed E-state index contributed by atoms with van der Waals surface area (Å²) in [6.07, 6.45) is 7.29. The summed E-state index contributed by atoms with van der Waals surface area (Å²) >= 11 is 0. The molecular formula is C20H21N3O2. The molecule has 25 heavy (non-hydrogen) atoms. The van der Waals surface area contributed by atoms with Crippen molar-refractivity contribution in [3.8, 4) is 0 Å². The van der Waals surface area contributed by atoms with E-state index in [2.05, 4.69) is 4.98 Å². The summed E-state index contributed by atoms with van der Waals surface area (Å²) in [4.78, 5) is 32.7. The van der Waals surface area contributed by atoms with Crippen LogP contribution in [0.4, 0.5) is 5.69 Å². The molecule has 1 aromatic carbocycles. The normalized spacial score (nSPS) is 17.2. The molecular weight excluding hydrogens is 314 g/mol. The molecule has 0 unspecified atom stereocenters. The van der Waals surface area contributed by atoms with Crippen molar-refractivity contribution in [2.75, 3.05) is 18.0 Å². The Bertz CT molecular complexity index is 759. The van der Waals surface area contributed by atoms with Gasteiger partial charge in [-0.25, -0.2) is 0 Å². The third-order valence-corrected chi connectivity index (χ3v) is 4.37. The molecule has 5 nitrogen and oxygen atoms in total. The number of benzene rings is 1. The molecule has 1 atom stereocenters. The molecule has 1 aliphatic rings. The number of rotatable bonds is 5. The first-order chi connectivity index (χ1) is 12.2. The maximum atomic E-state index is 12.8. The molecule has 0 aliphatic carbocycles. The number of carbonyl (C=O) groups excluding carboxylic acids is 2. The van der Waals surface area contributed by atoms with Crippen molar-refractivity contribution in [3.63, 3.8) is 0 Å². The van der Waals surface area contributed by atoms with Gasteiger partial charge in [-0.3, -0.25) is 14.6 Å². The van der Waals surface area contributed by atoms with E-state index < -0.39 is 6.04 Å². The van der Waals surface area contributed by atoms with Gasteiger partial charge in [-0.05, 0) is 49.2 Å². The monoisotopic (exact) mass is 335 g/mol. The maximum absolute atomic E-state index is 12.8. The van der Waals surface area contributed by atoms with Crippen molar-refractivity contribution in [1.29, 1.82) is 0 Å². The Hall–Kier alpha value is -2.95. The SMILES string of the molecule is CCN(C(=O)/C=C/c1ccncc1)[C@H]1CCN(c2ccccc2)C1=O.